The van der Waals surface area contributed by atoms with Crippen LogP contribution in [0.4, 0.5) is 0 Å². The van der Waals surface area contributed by atoms with Crippen LogP contribution in [0, 0.1) is 5.92 Å². The molecule has 1 aromatic carbocycles. The van der Waals surface area contributed by atoms with Crippen LogP contribution in [-0.4, -0.2) is 13.7 Å². The maximum absolute atomic E-state index is 5.85. The standard InChI is InChI=1S/C15H24O2/c1-5-14(16-4)13-8-6-7-9-15(13)17-11-10-12(2)3/h6-9,12,14H,5,10-11H2,1-4H3. The van der Waals surface area contributed by atoms with E-state index in [0.717, 1.165) is 30.8 Å². The fraction of sp³-hybridized carbons (Fsp3) is 0.600. The molecule has 2 nitrogen and oxygen atoms in total. The first-order valence-corrected chi connectivity index (χ1v) is 6.43. The minimum absolute atomic E-state index is 0.130. The lowest BCUT2D eigenvalue weighted by Crippen LogP contribution is -2.06. The summed E-state index contributed by atoms with van der Waals surface area (Å²) < 4.78 is 11.3. The highest BCUT2D eigenvalue weighted by atomic mass is 16.5. The molecule has 0 aliphatic heterocycles. The average molecular weight is 236 g/mol. The summed E-state index contributed by atoms with van der Waals surface area (Å²) in [6.07, 6.45) is 2.17. The fourth-order valence-corrected chi connectivity index (χ4v) is 1.80. The van der Waals surface area contributed by atoms with Crippen molar-refractivity contribution in [2.75, 3.05) is 13.7 Å². The maximum Gasteiger partial charge on any atom is 0.125 e. The lowest BCUT2D eigenvalue weighted by atomic mass is 10.1. The molecule has 0 fully saturated rings. The van der Waals surface area contributed by atoms with Gasteiger partial charge in [0.25, 0.3) is 0 Å². The molecule has 0 saturated heterocycles. The van der Waals surface area contributed by atoms with Crippen molar-refractivity contribution >= 4 is 0 Å². The van der Waals surface area contributed by atoms with Crippen molar-refractivity contribution in [1.29, 1.82) is 0 Å². The summed E-state index contributed by atoms with van der Waals surface area (Å²) >= 11 is 0. The Hall–Kier alpha value is -1.02. The smallest absolute Gasteiger partial charge is 0.125 e. The normalized spacial score (nSPS) is 12.8. The lowest BCUT2D eigenvalue weighted by Gasteiger charge is -2.18. The van der Waals surface area contributed by atoms with Crippen LogP contribution in [0.2, 0.25) is 0 Å². The second-order valence-electron chi connectivity index (χ2n) is 4.70. The van der Waals surface area contributed by atoms with E-state index in [2.05, 4.69) is 26.8 Å². The second-order valence-corrected chi connectivity index (χ2v) is 4.70. The zero-order valence-electron chi connectivity index (χ0n) is 11.4. The highest BCUT2D eigenvalue weighted by Gasteiger charge is 2.13. The molecule has 0 saturated carbocycles. The van der Waals surface area contributed by atoms with Crippen molar-refractivity contribution < 1.29 is 9.47 Å². The summed E-state index contributed by atoms with van der Waals surface area (Å²) in [5, 5.41) is 0. The second kappa shape index (κ2) is 7.33. The third-order valence-corrected chi connectivity index (χ3v) is 2.87. The summed E-state index contributed by atoms with van der Waals surface area (Å²) in [7, 11) is 1.75. The first-order valence-electron chi connectivity index (χ1n) is 6.43. The fourth-order valence-electron chi connectivity index (χ4n) is 1.80. The summed E-state index contributed by atoms with van der Waals surface area (Å²) in [6, 6.07) is 8.16. The molecule has 1 atom stereocenters. The van der Waals surface area contributed by atoms with E-state index in [-0.39, 0.29) is 6.10 Å². The highest BCUT2D eigenvalue weighted by Crippen LogP contribution is 2.29. The Morgan fingerprint density at radius 1 is 1.18 bits per heavy atom. The molecule has 1 aromatic rings. The molecule has 0 aromatic heterocycles. The van der Waals surface area contributed by atoms with E-state index in [1.54, 1.807) is 7.11 Å². The molecule has 0 radical (unpaired) electrons. The molecule has 17 heavy (non-hydrogen) atoms. The predicted octanol–water partition coefficient (Wildman–Crippen LogP) is 4.21. The van der Waals surface area contributed by atoms with Gasteiger partial charge in [-0.25, -0.2) is 0 Å². The van der Waals surface area contributed by atoms with Crippen LogP contribution < -0.4 is 4.74 Å². The van der Waals surface area contributed by atoms with Gasteiger partial charge in [-0.05, 0) is 24.8 Å². The van der Waals surface area contributed by atoms with E-state index >= 15 is 0 Å². The van der Waals surface area contributed by atoms with Crippen LogP contribution in [-0.2, 0) is 4.74 Å². The molecule has 1 rings (SSSR count). The predicted molar refractivity (Wildman–Crippen MR) is 71.4 cm³/mol. The van der Waals surface area contributed by atoms with Gasteiger partial charge in [-0.15, -0.1) is 0 Å². The number of benzene rings is 1. The van der Waals surface area contributed by atoms with E-state index < -0.39 is 0 Å². The van der Waals surface area contributed by atoms with Gasteiger partial charge in [0.05, 0.1) is 12.7 Å². The molecule has 0 N–H and O–H groups in total. The molecular weight excluding hydrogens is 212 g/mol. The first kappa shape index (κ1) is 14.0. The summed E-state index contributed by atoms with van der Waals surface area (Å²) in [5.74, 6) is 1.63. The maximum atomic E-state index is 5.85. The van der Waals surface area contributed by atoms with Crippen molar-refractivity contribution in [3.8, 4) is 5.75 Å². The lowest BCUT2D eigenvalue weighted by molar-refractivity contribution is 0.0965. The first-order chi connectivity index (χ1) is 8.19. The summed E-state index contributed by atoms with van der Waals surface area (Å²) in [5.41, 5.74) is 1.15. The molecule has 0 bridgehead atoms. The third kappa shape index (κ3) is 4.39. The number of ether oxygens (including phenoxy) is 2. The minimum Gasteiger partial charge on any atom is -0.493 e. The molecular formula is C15H24O2. The molecule has 0 spiro atoms. The van der Waals surface area contributed by atoms with Crippen molar-refractivity contribution in [1.82, 2.24) is 0 Å². The minimum atomic E-state index is 0.130. The van der Waals surface area contributed by atoms with Gasteiger partial charge in [0.15, 0.2) is 0 Å². The van der Waals surface area contributed by atoms with E-state index in [0.29, 0.717) is 5.92 Å². The number of rotatable bonds is 7. The number of methoxy groups -OCH3 is 1. The van der Waals surface area contributed by atoms with Crippen LogP contribution in [0.15, 0.2) is 24.3 Å². The molecule has 0 heterocycles. The molecule has 0 aliphatic rings. The Morgan fingerprint density at radius 3 is 2.47 bits per heavy atom. The Labute approximate surface area is 105 Å². The highest BCUT2D eigenvalue weighted by molar-refractivity contribution is 5.35. The molecule has 0 amide bonds. The van der Waals surface area contributed by atoms with E-state index in [1.807, 2.05) is 18.2 Å². The van der Waals surface area contributed by atoms with Gasteiger partial charge in [0.1, 0.15) is 5.75 Å². The largest absolute Gasteiger partial charge is 0.493 e. The van der Waals surface area contributed by atoms with Crippen LogP contribution in [0.3, 0.4) is 0 Å². The molecule has 1 unspecified atom stereocenters. The van der Waals surface area contributed by atoms with Gasteiger partial charge in [-0.1, -0.05) is 39.0 Å². The summed E-state index contributed by atoms with van der Waals surface area (Å²) in [6.45, 7) is 7.31. The van der Waals surface area contributed by atoms with Crippen LogP contribution in [0.5, 0.6) is 5.75 Å². The van der Waals surface area contributed by atoms with Crippen molar-refractivity contribution in [3.63, 3.8) is 0 Å². The van der Waals surface area contributed by atoms with Crippen molar-refractivity contribution in [3.05, 3.63) is 29.8 Å². The van der Waals surface area contributed by atoms with Gasteiger partial charge in [-0.3, -0.25) is 0 Å². The third-order valence-electron chi connectivity index (χ3n) is 2.87. The molecule has 96 valence electrons. The quantitative estimate of drug-likeness (QED) is 0.706. The zero-order chi connectivity index (χ0) is 12.7. The SMILES string of the molecule is CCC(OC)c1ccccc1OCCC(C)C. The molecule has 2 heteroatoms. The van der Waals surface area contributed by atoms with E-state index in [9.17, 15) is 0 Å². The van der Waals surface area contributed by atoms with Crippen LogP contribution >= 0.6 is 0 Å². The monoisotopic (exact) mass is 236 g/mol. The van der Waals surface area contributed by atoms with Crippen LogP contribution in [0.1, 0.15) is 45.3 Å². The topological polar surface area (TPSA) is 18.5 Å². The number of hydrogen-bond donors (Lipinski definition) is 0. The Bertz CT molecular complexity index is 316. The average Bonchev–Trinajstić information content (AvgIpc) is 2.32. The van der Waals surface area contributed by atoms with Crippen molar-refractivity contribution in [2.45, 2.75) is 39.7 Å². The van der Waals surface area contributed by atoms with Gasteiger partial charge in [0.2, 0.25) is 0 Å². The van der Waals surface area contributed by atoms with Gasteiger partial charge >= 0.3 is 0 Å². The van der Waals surface area contributed by atoms with E-state index in [4.69, 9.17) is 9.47 Å². The number of para-hydroxylation sites is 1. The van der Waals surface area contributed by atoms with E-state index in [1.165, 1.54) is 0 Å². The van der Waals surface area contributed by atoms with Gasteiger partial charge in [0, 0.05) is 12.7 Å². The van der Waals surface area contributed by atoms with Crippen LogP contribution in [0.25, 0.3) is 0 Å². The number of hydrogen-bond acceptors (Lipinski definition) is 2. The Kier molecular flexibility index (Phi) is 6.06. The van der Waals surface area contributed by atoms with Gasteiger partial charge < -0.3 is 9.47 Å². The zero-order valence-corrected chi connectivity index (χ0v) is 11.4. The molecule has 0 aliphatic carbocycles. The van der Waals surface area contributed by atoms with Gasteiger partial charge in [-0.2, -0.15) is 0 Å². The Morgan fingerprint density at radius 2 is 1.88 bits per heavy atom. The summed E-state index contributed by atoms with van der Waals surface area (Å²) in [4.78, 5) is 0. The Balaban J connectivity index is 2.70. The van der Waals surface area contributed by atoms with Crippen molar-refractivity contribution in [2.24, 2.45) is 5.92 Å².